The van der Waals surface area contributed by atoms with Crippen LogP contribution in [0.15, 0.2) is 85.0 Å². The minimum absolute atomic E-state index is 0.0152. The molecular weight excluding hydrogens is 574 g/mol. The number of ether oxygens (including phenoxy) is 3. The highest BCUT2D eigenvalue weighted by atomic mass is 16.5. The van der Waals surface area contributed by atoms with Crippen LogP contribution in [0.5, 0.6) is 11.5 Å². The van der Waals surface area contributed by atoms with Gasteiger partial charge in [0.25, 0.3) is 11.8 Å². The maximum atomic E-state index is 12.9. The lowest BCUT2D eigenvalue weighted by molar-refractivity contribution is -0.150. The van der Waals surface area contributed by atoms with Crippen molar-refractivity contribution in [2.75, 3.05) is 4.90 Å². The molecule has 1 saturated carbocycles. The molecule has 0 aromatic heterocycles. The minimum Gasteiger partial charge on any atom is -0.462 e. The summed E-state index contributed by atoms with van der Waals surface area (Å²) in [7, 11) is 0. The van der Waals surface area contributed by atoms with Crippen LogP contribution < -0.4 is 14.4 Å². The summed E-state index contributed by atoms with van der Waals surface area (Å²) < 4.78 is 16.4. The van der Waals surface area contributed by atoms with Crippen LogP contribution in [-0.4, -0.2) is 35.8 Å². The van der Waals surface area contributed by atoms with Crippen molar-refractivity contribution in [2.24, 2.45) is 0 Å². The van der Waals surface area contributed by atoms with Crippen LogP contribution in [0, 0.1) is 0 Å². The molecule has 0 bridgehead atoms. The van der Waals surface area contributed by atoms with Crippen LogP contribution in [-0.2, 0) is 23.9 Å². The Balaban J connectivity index is 1.05. The van der Waals surface area contributed by atoms with Gasteiger partial charge in [-0.3, -0.25) is 14.4 Å². The number of fused-ring (bicyclic) bond motifs is 3. The Morgan fingerprint density at radius 3 is 2.11 bits per heavy atom. The second kappa shape index (κ2) is 12.4. The van der Waals surface area contributed by atoms with Gasteiger partial charge < -0.3 is 14.2 Å². The van der Waals surface area contributed by atoms with E-state index >= 15 is 0 Å². The molecule has 228 valence electrons. The number of anilines is 1. The van der Waals surface area contributed by atoms with Gasteiger partial charge in [0.1, 0.15) is 17.6 Å². The Morgan fingerprint density at radius 1 is 0.800 bits per heavy atom. The zero-order chi connectivity index (χ0) is 31.7. The van der Waals surface area contributed by atoms with Gasteiger partial charge in [0.05, 0.1) is 17.7 Å². The molecule has 1 unspecified atom stereocenters. The first-order chi connectivity index (χ1) is 21.7. The maximum Gasteiger partial charge on any atom is 0.343 e. The van der Waals surface area contributed by atoms with E-state index in [0.717, 1.165) is 59.3 Å². The third kappa shape index (κ3) is 6.20. The van der Waals surface area contributed by atoms with Crippen molar-refractivity contribution < 1.29 is 38.2 Å². The van der Waals surface area contributed by atoms with E-state index in [-0.39, 0.29) is 47.1 Å². The molecule has 9 heteroatoms. The largest absolute Gasteiger partial charge is 0.462 e. The van der Waals surface area contributed by atoms with E-state index in [2.05, 4.69) is 6.58 Å². The topological polar surface area (TPSA) is 116 Å². The normalized spacial score (nSPS) is 17.1. The average molecular weight is 606 g/mol. The van der Waals surface area contributed by atoms with Gasteiger partial charge in [0.2, 0.25) is 0 Å². The fourth-order valence-corrected chi connectivity index (χ4v) is 5.98. The van der Waals surface area contributed by atoms with E-state index in [1.54, 1.807) is 12.1 Å². The Hall–Kier alpha value is -5.31. The summed E-state index contributed by atoms with van der Waals surface area (Å²) in [6, 6.07) is 16.8. The number of hydrogen-bond donors (Lipinski definition) is 0. The Labute approximate surface area is 260 Å². The highest BCUT2D eigenvalue weighted by Crippen LogP contribution is 2.47. The van der Waals surface area contributed by atoms with Crippen LogP contribution in [0.25, 0.3) is 11.1 Å². The number of rotatable bonds is 8. The van der Waals surface area contributed by atoms with Crippen molar-refractivity contribution in [2.45, 2.75) is 57.5 Å². The van der Waals surface area contributed by atoms with E-state index in [1.807, 2.05) is 31.2 Å². The summed E-state index contributed by atoms with van der Waals surface area (Å²) in [6.45, 7) is 5.68. The fourth-order valence-electron chi connectivity index (χ4n) is 5.98. The lowest BCUT2D eigenvalue weighted by Crippen LogP contribution is -2.29. The Bertz CT molecular complexity index is 1750. The lowest BCUT2D eigenvalue weighted by atomic mass is 9.98. The smallest absolute Gasteiger partial charge is 0.343 e. The predicted molar refractivity (Wildman–Crippen MR) is 165 cm³/mol. The molecule has 9 nitrogen and oxygen atoms in total. The Kier molecular flexibility index (Phi) is 8.17. The molecule has 3 aromatic carbocycles. The average Bonchev–Trinajstić information content (AvgIpc) is 3.51. The Morgan fingerprint density at radius 2 is 1.42 bits per heavy atom. The molecule has 6 rings (SSSR count). The molecule has 1 fully saturated rings. The number of amides is 2. The maximum absolute atomic E-state index is 12.9. The molecule has 1 aliphatic heterocycles. The number of carbonyl (C=O) groups excluding carboxylic acids is 5. The van der Waals surface area contributed by atoms with Crippen LogP contribution in [0.2, 0.25) is 0 Å². The number of imide groups is 1. The lowest BCUT2D eigenvalue weighted by Gasteiger charge is -2.21. The van der Waals surface area contributed by atoms with Gasteiger partial charge in [-0.25, -0.2) is 14.5 Å². The van der Waals surface area contributed by atoms with Crippen molar-refractivity contribution in [3.05, 3.63) is 102 Å². The van der Waals surface area contributed by atoms with Crippen molar-refractivity contribution in [1.82, 2.24) is 0 Å². The highest BCUT2D eigenvalue weighted by molar-refractivity contribution is 6.28. The van der Waals surface area contributed by atoms with E-state index < -0.39 is 17.9 Å². The van der Waals surface area contributed by atoms with Crippen LogP contribution in [0.3, 0.4) is 0 Å². The quantitative estimate of drug-likeness (QED) is 0.129. The van der Waals surface area contributed by atoms with Crippen molar-refractivity contribution in [3.8, 4) is 22.6 Å². The molecule has 45 heavy (non-hydrogen) atoms. The van der Waals surface area contributed by atoms with Crippen LogP contribution in [0.4, 0.5) is 5.69 Å². The predicted octanol–water partition coefficient (Wildman–Crippen LogP) is 6.20. The summed E-state index contributed by atoms with van der Waals surface area (Å²) >= 11 is 0. The first-order valence-electron chi connectivity index (χ1n) is 14.9. The van der Waals surface area contributed by atoms with Gasteiger partial charge in [-0.1, -0.05) is 32.1 Å². The van der Waals surface area contributed by atoms with Crippen LogP contribution in [0.1, 0.15) is 72.9 Å². The van der Waals surface area contributed by atoms with E-state index in [4.69, 9.17) is 14.2 Å². The zero-order valence-corrected chi connectivity index (χ0v) is 24.7. The SMILES string of the molecule is C=C(CC(=O)OC1CCCCC1)C(=O)Oc1ccc(C(=O)Oc2ccc3c(c2)C(C)c2cc(N4C(=O)C=CC4=O)ccc2-3)cc1. The summed E-state index contributed by atoms with van der Waals surface area (Å²) in [5.41, 5.74) is 4.63. The molecule has 1 heterocycles. The van der Waals surface area contributed by atoms with Crippen molar-refractivity contribution in [3.63, 3.8) is 0 Å². The number of nitrogens with zero attached hydrogens (tertiary/aromatic N) is 1. The molecular formula is C36H31NO8. The molecule has 0 radical (unpaired) electrons. The van der Waals surface area contributed by atoms with Gasteiger partial charge >= 0.3 is 17.9 Å². The number of hydrogen-bond acceptors (Lipinski definition) is 8. The molecule has 0 spiro atoms. The third-order valence-corrected chi connectivity index (χ3v) is 8.36. The number of esters is 3. The van der Waals surface area contributed by atoms with Gasteiger partial charge in [0.15, 0.2) is 0 Å². The van der Waals surface area contributed by atoms with Gasteiger partial charge in [0, 0.05) is 23.6 Å². The molecule has 2 amide bonds. The molecule has 0 N–H and O–H groups in total. The highest BCUT2D eigenvalue weighted by Gasteiger charge is 2.30. The summed E-state index contributed by atoms with van der Waals surface area (Å²) in [5, 5.41) is 0. The van der Waals surface area contributed by atoms with E-state index in [0.29, 0.717) is 11.4 Å². The fraction of sp³-hybridized carbons (Fsp3) is 0.250. The summed E-state index contributed by atoms with van der Waals surface area (Å²) in [6.07, 6.45) is 7.02. The molecule has 1 atom stereocenters. The molecule has 3 aliphatic rings. The number of benzene rings is 3. The second-order valence-electron chi connectivity index (χ2n) is 11.4. The first kappa shape index (κ1) is 29.7. The zero-order valence-electron chi connectivity index (χ0n) is 24.7. The summed E-state index contributed by atoms with van der Waals surface area (Å²) in [4.78, 5) is 63.0. The van der Waals surface area contributed by atoms with Crippen molar-refractivity contribution >= 4 is 35.4 Å². The monoisotopic (exact) mass is 605 g/mol. The third-order valence-electron chi connectivity index (χ3n) is 8.36. The molecule has 0 saturated heterocycles. The molecule has 2 aliphatic carbocycles. The van der Waals surface area contributed by atoms with Gasteiger partial charge in [-0.2, -0.15) is 0 Å². The van der Waals surface area contributed by atoms with Crippen LogP contribution >= 0.6 is 0 Å². The number of carbonyl (C=O) groups is 5. The standard InChI is InChI=1S/C36H31NO8/c1-21(18-34(40)43-25-6-4-3-5-7-25)35(41)44-26-11-8-23(9-12-26)36(42)45-27-13-15-29-28-14-10-24(37-32(38)16-17-33(37)39)19-30(28)22(2)31(29)20-27/h8-17,19-20,22,25H,1,3-7,18H2,2H3. The first-order valence-corrected chi connectivity index (χ1v) is 14.9. The summed E-state index contributed by atoms with van der Waals surface area (Å²) in [5.74, 6) is -2.10. The van der Waals surface area contributed by atoms with Crippen molar-refractivity contribution in [1.29, 1.82) is 0 Å². The van der Waals surface area contributed by atoms with E-state index in [1.165, 1.54) is 36.4 Å². The molecule has 3 aromatic rings. The van der Waals surface area contributed by atoms with E-state index in [9.17, 15) is 24.0 Å². The minimum atomic E-state index is -0.749. The van der Waals surface area contributed by atoms with Gasteiger partial charge in [-0.15, -0.1) is 0 Å². The second-order valence-corrected chi connectivity index (χ2v) is 11.4. The van der Waals surface area contributed by atoms with Gasteiger partial charge in [-0.05, 0) is 96.5 Å².